The Kier molecular flexibility index (Phi) is 2.83. The minimum Gasteiger partial charge on any atom is -0.382 e. The Morgan fingerprint density at radius 1 is 1.35 bits per heavy atom. The zero-order valence-corrected chi connectivity index (χ0v) is 9.37. The maximum atomic E-state index is 12.9. The lowest BCUT2D eigenvalue weighted by atomic mass is 10.0. The van der Waals surface area contributed by atoms with Crippen LogP contribution in [0.15, 0.2) is 30.3 Å². The van der Waals surface area contributed by atoms with E-state index in [1.807, 2.05) is 6.07 Å². The van der Waals surface area contributed by atoms with Crippen molar-refractivity contribution in [1.29, 1.82) is 0 Å². The normalized spacial score (nSPS) is 11.7. The smallest absolute Gasteiger partial charge is 0.249 e. The van der Waals surface area contributed by atoms with Crippen molar-refractivity contribution in [3.63, 3.8) is 0 Å². The Balaban J connectivity index is 2.29. The van der Waals surface area contributed by atoms with E-state index in [1.165, 1.54) is 0 Å². The molecule has 1 aromatic carbocycles. The molecule has 17 heavy (non-hydrogen) atoms. The molecule has 0 radical (unpaired) electrons. The Morgan fingerprint density at radius 3 is 2.71 bits per heavy atom. The summed E-state index contributed by atoms with van der Waals surface area (Å²) in [7, 11) is 0. The van der Waals surface area contributed by atoms with Gasteiger partial charge in [0, 0.05) is 12.5 Å². The number of nitrogens with zero attached hydrogens (tertiary/aromatic N) is 1. The number of anilines is 1. The Labute approximate surface area is 97.7 Å². The van der Waals surface area contributed by atoms with Gasteiger partial charge in [-0.15, -0.1) is 0 Å². The van der Waals surface area contributed by atoms with Crippen LogP contribution in [0.3, 0.4) is 0 Å². The van der Waals surface area contributed by atoms with Crippen molar-refractivity contribution in [2.75, 3.05) is 5.73 Å². The summed E-state index contributed by atoms with van der Waals surface area (Å²) < 4.78 is 25.8. The molecule has 0 saturated heterocycles. The summed E-state index contributed by atoms with van der Waals surface area (Å²) in [5, 5.41) is 6.55. The molecule has 0 bridgehead atoms. The fourth-order valence-electron chi connectivity index (χ4n) is 1.69. The van der Waals surface area contributed by atoms with Crippen LogP contribution >= 0.6 is 0 Å². The third-order valence-electron chi connectivity index (χ3n) is 2.35. The average Bonchev–Trinajstić information content (AvgIpc) is 2.63. The number of aromatic amines is 1. The quantitative estimate of drug-likeness (QED) is 0.862. The molecular weight excluding hydrogens is 224 g/mol. The van der Waals surface area contributed by atoms with Gasteiger partial charge >= 0.3 is 0 Å². The first-order valence-electron chi connectivity index (χ1n) is 5.22. The van der Waals surface area contributed by atoms with Gasteiger partial charge in [-0.25, -0.2) is 8.78 Å². The zero-order chi connectivity index (χ0) is 12.5. The van der Waals surface area contributed by atoms with E-state index < -0.39 is 5.92 Å². The number of hydrogen-bond donors (Lipinski definition) is 2. The monoisotopic (exact) mass is 237 g/mol. The molecule has 0 amide bonds. The highest BCUT2D eigenvalue weighted by Gasteiger charge is 2.21. The second-order valence-corrected chi connectivity index (χ2v) is 4.15. The first-order chi connectivity index (χ1) is 7.94. The minimum atomic E-state index is -2.70. The van der Waals surface area contributed by atoms with Gasteiger partial charge < -0.3 is 5.73 Å². The van der Waals surface area contributed by atoms with Crippen LogP contribution in [-0.4, -0.2) is 16.1 Å². The van der Waals surface area contributed by atoms with Crippen molar-refractivity contribution in [3.05, 3.63) is 35.9 Å². The molecule has 0 atom stereocenters. The van der Waals surface area contributed by atoms with Crippen molar-refractivity contribution in [2.45, 2.75) is 19.3 Å². The molecule has 0 unspecified atom stereocenters. The van der Waals surface area contributed by atoms with Crippen molar-refractivity contribution in [1.82, 2.24) is 10.2 Å². The van der Waals surface area contributed by atoms with Crippen LogP contribution in [0.25, 0.3) is 11.3 Å². The standard InChI is InChI=1S/C12H13F2N3/c1-12(13,14)7-8-3-2-4-9(5-8)10-6-11(15)17-16-10/h2-6H,7H2,1H3,(H3,15,16,17). The van der Waals surface area contributed by atoms with Crippen LogP contribution in [0.4, 0.5) is 14.6 Å². The molecule has 0 aliphatic rings. The van der Waals surface area contributed by atoms with Crippen molar-refractivity contribution >= 4 is 5.82 Å². The van der Waals surface area contributed by atoms with Crippen LogP contribution in [0.5, 0.6) is 0 Å². The van der Waals surface area contributed by atoms with Crippen LogP contribution < -0.4 is 5.73 Å². The number of nitrogen functional groups attached to an aromatic ring is 1. The summed E-state index contributed by atoms with van der Waals surface area (Å²) in [6.07, 6.45) is -0.273. The summed E-state index contributed by atoms with van der Waals surface area (Å²) in [6, 6.07) is 8.63. The number of nitrogens with two attached hydrogens (primary N) is 1. The SMILES string of the molecule is CC(F)(F)Cc1cccc(-c2cc(N)n[nH]2)c1. The maximum absolute atomic E-state index is 12.9. The van der Waals surface area contributed by atoms with Gasteiger partial charge in [0.25, 0.3) is 0 Å². The highest BCUT2D eigenvalue weighted by atomic mass is 19.3. The lowest BCUT2D eigenvalue weighted by Gasteiger charge is -2.10. The van der Waals surface area contributed by atoms with Gasteiger partial charge in [-0.2, -0.15) is 5.10 Å². The molecule has 0 saturated carbocycles. The molecule has 0 spiro atoms. The number of rotatable bonds is 3. The first-order valence-corrected chi connectivity index (χ1v) is 5.22. The van der Waals surface area contributed by atoms with Crippen molar-refractivity contribution in [3.8, 4) is 11.3 Å². The van der Waals surface area contributed by atoms with Crippen LogP contribution in [0.2, 0.25) is 0 Å². The van der Waals surface area contributed by atoms with Gasteiger partial charge in [-0.1, -0.05) is 18.2 Å². The fraction of sp³-hybridized carbons (Fsp3) is 0.250. The molecule has 0 aliphatic heterocycles. The predicted molar refractivity (Wildman–Crippen MR) is 62.8 cm³/mol. The zero-order valence-electron chi connectivity index (χ0n) is 9.37. The third-order valence-corrected chi connectivity index (χ3v) is 2.35. The number of H-pyrrole nitrogens is 1. The largest absolute Gasteiger partial charge is 0.382 e. The highest BCUT2D eigenvalue weighted by molar-refractivity contribution is 5.62. The number of hydrogen-bond acceptors (Lipinski definition) is 2. The number of nitrogens with one attached hydrogen (secondary N) is 1. The second-order valence-electron chi connectivity index (χ2n) is 4.15. The minimum absolute atomic E-state index is 0.273. The number of aromatic nitrogens is 2. The molecule has 1 heterocycles. The van der Waals surface area contributed by atoms with E-state index in [1.54, 1.807) is 24.3 Å². The molecular formula is C12H13F2N3. The van der Waals surface area contributed by atoms with Gasteiger partial charge in [0.2, 0.25) is 5.92 Å². The Hall–Kier alpha value is -1.91. The first kappa shape index (κ1) is 11.6. The van der Waals surface area contributed by atoms with E-state index in [2.05, 4.69) is 10.2 Å². The molecule has 3 nitrogen and oxygen atoms in total. The molecule has 1 aromatic heterocycles. The average molecular weight is 237 g/mol. The fourth-order valence-corrected chi connectivity index (χ4v) is 1.69. The Bertz CT molecular complexity index is 514. The van der Waals surface area contributed by atoms with Gasteiger partial charge in [0.15, 0.2) is 0 Å². The van der Waals surface area contributed by atoms with E-state index in [9.17, 15) is 8.78 Å². The van der Waals surface area contributed by atoms with Crippen LogP contribution in [0, 0.1) is 0 Å². The number of alkyl halides is 2. The van der Waals surface area contributed by atoms with Gasteiger partial charge in [0.05, 0.1) is 5.69 Å². The summed E-state index contributed by atoms with van der Waals surface area (Å²) in [4.78, 5) is 0. The lowest BCUT2D eigenvalue weighted by Crippen LogP contribution is -2.13. The van der Waals surface area contributed by atoms with Gasteiger partial charge in [-0.05, 0) is 24.1 Å². The summed E-state index contributed by atoms with van der Waals surface area (Å²) in [5.41, 5.74) is 7.61. The molecule has 90 valence electrons. The van der Waals surface area contributed by atoms with E-state index in [0.29, 0.717) is 11.4 Å². The predicted octanol–water partition coefficient (Wildman–Crippen LogP) is 2.86. The maximum Gasteiger partial charge on any atom is 0.249 e. The number of halogens is 2. The summed E-state index contributed by atoms with van der Waals surface area (Å²) in [6.45, 7) is 0.911. The van der Waals surface area contributed by atoms with Crippen molar-refractivity contribution in [2.24, 2.45) is 0 Å². The summed E-state index contributed by atoms with van der Waals surface area (Å²) >= 11 is 0. The second kappa shape index (κ2) is 4.16. The highest BCUT2D eigenvalue weighted by Crippen LogP contribution is 2.24. The van der Waals surface area contributed by atoms with E-state index >= 15 is 0 Å². The Morgan fingerprint density at radius 2 is 2.12 bits per heavy atom. The number of benzene rings is 1. The summed E-state index contributed by atoms with van der Waals surface area (Å²) in [5.74, 6) is -2.32. The molecule has 2 aromatic rings. The van der Waals surface area contributed by atoms with E-state index in [4.69, 9.17) is 5.73 Å². The third kappa shape index (κ3) is 3.03. The molecule has 3 N–H and O–H groups in total. The van der Waals surface area contributed by atoms with E-state index in [-0.39, 0.29) is 6.42 Å². The topological polar surface area (TPSA) is 54.7 Å². The molecule has 2 rings (SSSR count). The van der Waals surface area contributed by atoms with Gasteiger partial charge in [0.1, 0.15) is 5.82 Å². The lowest BCUT2D eigenvalue weighted by molar-refractivity contribution is 0.0226. The molecule has 0 fully saturated rings. The van der Waals surface area contributed by atoms with Crippen LogP contribution in [-0.2, 0) is 6.42 Å². The molecule has 0 aliphatic carbocycles. The molecule has 5 heteroatoms. The van der Waals surface area contributed by atoms with E-state index in [0.717, 1.165) is 18.2 Å². The van der Waals surface area contributed by atoms with Crippen molar-refractivity contribution < 1.29 is 8.78 Å². The van der Waals surface area contributed by atoms with Crippen LogP contribution in [0.1, 0.15) is 12.5 Å². The van der Waals surface area contributed by atoms with Gasteiger partial charge in [-0.3, -0.25) is 5.10 Å².